The Kier molecular flexibility index (Phi) is 3.52. The van der Waals surface area contributed by atoms with Crippen molar-refractivity contribution in [3.8, 4) is 0 Å². The van der Waals surface area contributed by atoms with Crippen LogP contribution in [0.5, 0.6) is 0 Å². The van der Waals surface area contributed by atoms with Crippen molar-refractivity contribution in [1.82, 2.24) is 14.7 Å². The van der Waals surface area contributed by atoms with Gasteiger partial charge >= 0.3 is 0 Å². The molecule has 2 unspecified atom stereocenters. The van der Waals surface area contributed by atoms with Gasteiger partial charge in [0.25, 0.3) is 0 Å². The molecule has 4 heteroatoms. The van der Waals surface area contributed by atoms with Crippen molar-refractivity contribution in [3.63, 3.8) is 0 Å². The number of fused-ring (bicyclic) bond motifs is 2. The maximum absolute atomic E-state index is 4.48. The molecule has 1 aromatic rings. The maximum Gasteiger partial charge on any atom is 0.148 e. The predicted molar refractivity (Wildman–Crippen MR) is 78.2 cm³/mol. The van der Waals surface area contributed by atoms with Crippen LogP contribution < -0.4 is 5.32 Å². The normalized spacial score (nSPS) is 31.7. The minimum absolute atomic E-state index is 0.624. The van der Waals surface area contributed by atoms with Gasteiger partial charge in [-0.3, -0.25) is 4.68 Å². The molecule has 1 aliphatic carbocycles. The van der Waals surface area contributed by atoms with E-state index in [-0.39, 0.29) is 0 Å². The first-order chi connectivity index (χ1) is 9.13. The molecule has 2 fully saturated rings. The molecule has 0 spiro atoms. The third kappa shape index (κ3) is 2.64. The zero-order chi connectivity index (χ0) is 13.4. The molecule has 1 aliphatic heterocycles. The number of piperidine rings is 1. The summed E-state index contributed by atoms with van der Waals surface area (Å²) < 4.78 is 1.88. The second-order valence-corrected chi connectivity index (χ2v) is 6.54. The second kappa shape index (κ2) is 5.16. The molecule has 2 aliphatic rings. The highest BCUT2D eigenvalue weighted by Gasteiger charge is 2.40. The fraction of sp³-hybridized carbons (Fsp3) is 0.800. The van der Waals surface area contributed by atoms with Crippen molar-refractivity contribution in [2.75, 3.05) is 18.4 Å². The number of aromatic nitrogens is 2. The highest BCUT2D eigenvalue weighted by molar-refractivity contribution is 5.34. The number of aryl methyl sites for hydroxylation is 1. The molecule has 106 valence electrons. The van der Waals surface area contributed by atoms with E-state index in [1.807, 2.05) is 17.9 Å². The van der Waals surface area contributed by atoms with E-state index >= 15 is 0 Å². The van der Waals surface area contributed by atoms with Crippen molar-refractivity contribution < 1.29 is 0 Å². The first kappa shape index (κ1) is 13.0. The highest BCUT2D eigenvalue weighted by atomic mass is 15.3. The second-order valence-electron chi connectivity index (χ2n) is 6.54. The Labute approximate surface area is 116 Å². The third-order valence-corrected chi connectivity index (χ3v) is 4.86. The largest absolute Gasteiger partial charge is 0.365 e. The van der Waals surface area contributed by atoms with E-state index in [0.29, 0.717) is 12.1 Å². The predicted octanol–water partition coefficient (Wildman–Crippen LogP) is 2.34. The molecule has 0 amide bonds. The van der Waals surface area contributed by atoms with Crippen molar-refractivity contribution in [2.24, 2.45) is 18.9 Å². The number of nitrogens with one attached hydrogen (secondary N) is 1. The molecule has 0 radical (unpaired) electrons. The molecular formula is C15H26N4. The van der Waals surface area contributed by atoms with Gasteiger partial charge in [-0.05, 0) is 38.5 Å². The fourth-order valence-corrected chi connectivity index (χ4v) is 3.79. The van der Waals surface area contributed by atoms with E-state index in [1.54, 1.807) is 0 Å². The summed E-state index contributed by atoms with van der Waals surface area (Å²) in [6.07, 6.45) is 6.15. The van der Waals surface area contributed by atoms with Gasteiger partial charge < -0.3 is 10.2 Å². The van der Waals surface area contributed by atoms with E-state index in [4.69, 9.17) is 0 Å². The van der Waals surface area contributed by atoms with Gasteiger partial charge in [0, 0.05) is 44.5 Å². The van der Waals surface area contributed by atoms with Gasteiger partial charge in [0.05, 0.1) is 0 Å². The molecule has 0 aromatic carbocycles. The lowest BCUT2D eigenvalue weighted by atomic mass is 9.73. The van der Waals surface area contributed by atoms with Gasteiger partial charge in [0.2, 0.25) is 0 Å². The lowest BCUT2D eigenvalue weighted by Crippen LogP contribution is -2.56. The average molecular weight is 262 g/mol. The van der Waals surface area contributed by atoms with Crippen LogP contribution in [0.15, 0.2) is 12.3 Å². The summed E-state index contributed by atoms with van der Waals surface area (Å²) in [5.74, 6) is 2.62. The van der Waals surface area contributed by atoms with Gasteiger partial charge in [-0.1, -0.05) is 6.42 Å². The van der Waals surface area contributed by atoms with Gasteiger partial charge in [0.15, 0.2) is 0 Å². The average Bonchev–Trinajstić information content (AvgIpc) is 2.74. The maximum atomic E-state index is 4.48. The lowest BCUT2D eigenvalue weighted by Gasteiger charge is -2.49. The lowest BCUT2D eigenvalue weighted by molar-refractivity contribution is 0.0517. The van der Waals surface area contributed by atoms with Crippen molar-refractivity contribution in [2.45, 2.75) is 45.2 Å². The number of rotatable bonds is 3. The van der Waals surface area contributed by atoms with Gasteiger partial charge in [-0.2, -0.15) is 5.10 Å². The van der Waals surface area contributed by atoms with Crippen LogP contribution in [0.25, 0.3) is 0 Å². The van der Waals surface area contributed by atoms with E-state index in [0.717, 1.165) is 17.7 Å². The Hall–Kier alpha value is -1.03. The summed E-state index contributed by atoms with van der Waals surface area (Å²) in [5.41, 5.74) is 0. The number of anilines is 1. The molecule has 2 bridgehead atoms. The molecule has 2 heterocycles. The van der Waals surface area contributed by atoms with Crippen LogP contribution in [0.1, 0.15) is 33.1 Å². The number of nitrogens with zero attached hydrogens (tertiary/aromatic N) is 3. The van der Waals surface area contributed by atoms with Crippen molar-refractivity contribution in [1.29, 1.82) is 0 Å². The summed E-state index contributed by atoms with van der Waals surface area (Å²) in [4.78, 5) is 2.66. The number of hydrogen-bond donors (Lipinski definition) is 1. The first-order valence-corrected chi connectivity index (χ1v) is 7.63. The Bertz CT molecular complexity index is 412. The zero-order valence-corrected chi connectivity index (χ0v) is 12.3. The molecule has 1 aromatic heterocycles. The summed E-state index contributed by atoms with van der Waals surface area (Å²) in [6, 6.07) is 3.39. The van der Waals surface area contributed by atoms with E-state index in [9.17, 15) is 0 Å². The number of hydrogen-bond acceptors (Lipinski definition) is 3. The Morgan fingerprint density at radius 2 is 1.95 bits per heavy atom. The van der Waals surface area contributed by atoms with E-state index in [2.05, 4.69) is 35.2 Å². The van der Waals surface area contributed by atoms with E-state index < -0.39 is 0 Å². The summed E-state index contributed by atoms with van der Waals surface area (Å²) in [6.45, 7) is 7.14. The minimum Gasteiger partial charge on any atom is -0.365 e. The molecule has 4 nitrogen and oxygen atoms in total. The smallest absolute Gasteiger partial charge is 0.148 e. The van der Waals surface area contributed by atoms with Crippen LogP contribution in [0.2, 0.25) is 0 Å². The number of likely N-dealkylation sites (tertiary alicyclic amines) is 1. The summed E-state index contributed by atoms with van der Waals surface area (Å²) in [5, 5.41) is 8.18. The van der Waals surface area contributed by atoms with Gasteiger partial charge in [0.1, 0.15) is 5.82 Å². The molecular weight excluding hydrogens is 236 g/mol. The molecule has 3 rings (SSSR count). The van der Waals surface area contributed by atoms with Crippen LogP contribution in [0.4, 0.5) is 5.82 Å². The van der Waals surface area contributed by atoms with E-state index in [1.165, 1.54) is 32.4 Å². The van der Waals surface area contributed by atoms with Gasteiger partial charge in [-0.15, -0.1) is 0 Å². The molecule has 2 atom stereocenters. The summed E-state index contributed by atoms with van der Waals surface area (Å²) in [7, 11) is 1.98. The fourth-order valence-electron chi connectivity index (χ4n) is 3.79. The standard InChI is InChI=1S/C15H26N4/c1-11(2)19-9-12-5-4-6-13(10-19)15(12)16-14-7-8-18(3)17-14/h7-8,11-13,15H,4-6,9-10H2,1-3H3,(H,16,17). The van der Waals surface area contributed by atoms with Crippen LogP contribution in [-0.2, 0) is 7.05 Å². The molecule has 19 heavy (non-hydrogen) atoms. The van der Waals surface area contributed by atoms with Crippen LogP contribution in [0.3, 0.4) is 0 Å². The Morgan fingerprint density at radius 3 is 2.47 bits per heavy atom. The van der Waals surface area contributed by atoms with Crippen molar-refractivity contribution in [3.05, 3.63) is 12.3 Å². The van der Waals surface area contributed by atoms with Crippen LogP contribution in [0, 0.1) is 11.8 Å². The highest BCUT2D eigenvalue weighted by Crippen LogP contribution is 2.37. The monoisotopic (exact) mass is 262 g/mol. The minimum atomic E-state index is 0.624. The zero-order valence-electron chi connectivity index (χ0n) is 12.3. The first-order valence-electron chi connectivity index (χ1n) is 7.63. The Balaban J connectivity index is 1.72. The quantitative estimate of drug-likeness (QED) is 0.907. The van der Waals surface area contributed by atoms with Gasteiger partial charge in [-0.25, -0.2) is 0 Å². The Morgan fingerprint density at radius 1 is 1.26 bits per heavy atom. The molecule has 1 saturated heterocycles. The summed E-state index contributed by atoms with van der Waals surface area (Å²) >= 11 is 0. The topological polar surface area (TPSA) is 33.1 Å². The van der Waals surface area contributed by atoms with Crippen LogP contribution in [-0.4, -0.2) is 39.9 Å². The van der Waals surface area contributed by atoms with Crippen molar-refractivity contribution >= 4 is 5.82 Å². The molecule has 1 N–H and O–H groups in total. The SMILES string of the molecule is CC(C)N1CC2CCCC(C1)C2Nc1ccn(C)n1. The molecule has 1 saturated carbocycles. The third-order valence-electron chi connectivity index (χ3n) is 4.86. The van der Waals surface area contributed by atoms with Crippen LogP contribution >= 0.6 is 0 Å².